The molecule has 0 spiro atoms. The monoisotopic (exact) mass is 566 g/mol. The lowest BCUT2D eigenvalue weighted by molar-refractivity contribution is -0.133. The molecule has 2 heterocycles. The van der Waals surface area contributed by atoms with Gasteiger partial charge in [-0.05, 0) is 66.6 Å². The number of likely N-dealkylation sites (tertiary alicyclic amines) is 1. The molecule has 37 heavy (non-hydrogen) atoms. The lowest BCUT2D eigenvalue weighted by atomic mass is 9.93. The summed E-state index contributed by atoms with van der Waals surface area (Å²) in [5.41, 5.74) is 2.88. The fourth-order valence-electron chi connectivity index (χ4n) is 5.78. The number of rotatable bonds is 8. The second-order valence-electron chi connectivity index (χ2n) is 10.3. The summed E-state index contributed by atoms with van der Waals surface area (Å²) in [6.45, 7) is 5.95. The Kier molecular flexibility index (Phi) is 10.4. The van der Waals surface area contributed by atoms with E-state index in [1.54, 1.807) is 0 Å². The molecule has 2 saturated heterocycles. The molecule has 1 atom stereocenters. The molecule has 3 fully saturated rings. The van der Waals surface area contributed by atoms with Crippen LogP contribution in [0.2, 0.25) is 10.0 Å². The average molecular weight is 568 g/mol. The molecule has 5 rings (SSSR count). The Labute approximate surface area is 236 Å². The van der Waals surface area contributed by atoms with Gasteiger partial charge in [0.15, 0.2) is 0 Å². The number of morpholine rings is 1. The normalized spacial score (nSPS) is 21.2. The van der Waals surface area contributed by atoms with Crippen LogP contribution in [0.3, 0.4) is 0 Å². The van der Waals surface area contributed by atoms with Crippen molar-refractivity contribution in [2.24, 2.45) is 5.92 Å². The van der Waals surface area contributed by atoms with Gasteiger partial charge in [0.1, 0.15) is 12.4 Å². The Morgan fingerprint density at radius 2 is 1.57 bits per heavy atom. The third-order valence-corrected chi connectivity index (χ3v) is 8.60. The highest BCUT2D eigenvalue weighted by Gasteiger charge is 2.36. The molecule has 0 aromatic heterocycles. The molecule has 0 bridgehead atoms. The van der Waals surface area contributed by atoms with E-state index in [-0.39, 0.29) is 24.2 Å². The maximum atomic E-state index is 13.1. The molecular formula is C29H37Cl3N2O3. The molecule has 1 unspecified atom stereocenters. The summed E-state index contributed by atoms with van der Waals surface area (Å²) in [5.74, 6) is 1.10. The highest BCUT2D eigenvalue weighted by atomic mass is 35.5. The number of hydrogen-bond donors (Lipinski definition) is 0. The van der Waals surface area contributed by atoms with Crippen molar-refractivity contribution in [1.29, 1.82) is 0 Å². The molecule has 1 aliphatic carbocycles. The van der Waals surface area contributed by atoms with Crippen LogP contribution in [0, 0.1) is 5.92 Å². The van der Waals surface area contributed by atoms with Gasteiger partial charge in [0.05, 0.1) is 13.2 Å². The number of benzene rings is 2. The Morgan fingerprint density at radius 3 is 2.24 bits per heavy atom. The second-order valence-corrected chi connectivity index (χ2v) is 11.1. The maximum Gasteiger partial charge on any atom is 0.226 e. The van der Waals surface area contributed by atoms with Crippen LogP contribution in [0.15, 0.2) is 36.4 Å². The van der Waals surface area contributed by atoms with Crippen LogP contribution in [0.1, 0.15) is 44.1 Å². The van der Waals surface area contributed by atoms with E-state index < -0.39 is 0 Å². The lowest BCUT2D eigenvalue weighted by Crippen LogP contribution is -2.39. The average Bonchev–Trinajstić information content (AvgIpc) is 3.27. The van der Waals surface area contributed by atoms with Gasteiger partial charge in [0, 0.05) is 48.2 Å². The van der Waals surface area contributed by atoms with E-state index in [2.05, 4.69) is 9.80 Å². The number of halogens is 3. The fourth-order valence-corrected chi connectivity index (χ4v) is 6.42. The van der Waals surface area contributed by atoms with Gasteiger partial charge >= 0.3 is 0 Å². The molecule has 8 heteroatoms. The minimum absolute atomic E-state index is 0. The number of carbonyl (C=O) groups is 1. The zero-order valence-electron chi connectivity index (χ0n) is 21.3. The molecule has 2 aromatic carbocycles. The molecule has 1 amide bonds. The van der Waals surface area contributed by atoms with Crippen LogP contribution < -0.4 is 4.74 Å². The Hall–Kier alpha value is -1.50. The minimum Gasteiger partial charge on any atom is -0.492 e. The van der Waals surface area contributed by atoms with Gasteiger partial charge in [-0.2, -0.15) is 0 Å². The third kappa shape index (κ3) is 7.13. The SMILES string of the molecule is Cl.O=C1C(Cc2c(Cl)cc(-c3ccc(OCCN4CCOCC4)cc3)cc2Cl)CCN1C1CCCCC1. The topological polar surface area (TPSA) is 42.0 Å². The Balaban J connectivity index is 0.00000320. The van der Waals surface area contributed by atoms with Crippen molar-refractivity contribution in [3.8, 4) is 16.9 Å². The molecule has 2 aromatic rings. The molecular weight excluding hydrogens is 531 g/mol. The van der Waals surface area contributed by atoms with Crippen molar-refractivity contribution in [3.05, 3.63) is 52.0 Å². The van der Waals surface area contributed by atoms with Gasteiger partial charge in [-0.25, -0.2) is 0 Å². The van der Waals surface area contributed by atoms with Crippen LogP contribution in [0.5, 0.6) is 5.75 Å². The van der Waals surface area contributed by atoms with Crippen molar-refractivity contribution in [2.75, 3.05) is 46.0 Å². The summed E-state index contributed by atoms with van der Waals surface area (Å²) in [7, 11) is 0. The van der Waals surface area contributed by atoms with Gasteiger partial charge in [0.25, 0.3) is 0 Å². The Morgan fingerprint density at radius 1 is 0.892 bits per heavy atom. The standard InChI is InChI=1S/C29H36Cl2N2O3.ClH/c30-27-19-23(21-6-8-25(9-7-21)36-17-14-32-12-15-35-16-13-32)20-28(31)26(27)18-22-10-11-33(29(22)34)24-4-2-1-3-5-24;/h6-9,19-20,22,24H,1-5,10-18H2;1H. The first-order chi connectivity index (χ1) is 17.6. The smallest absolute Gasteiger partial charge is 0.226 e. The minimum atomic E-state index is -0.0262. The van der Waals surface area contributed by atoms with E-state index in [4.69, 9.17) is 32.7 Å². The van der Waals surface area contributed by atoms with Crippen LogP contribution in [0.4, 0.5) is 0 Å². The highest BCUT2D eigenvalue weighted by molar-refractivity contribution is 6.36. The van der Waals surface area contributed by atoms with Crippen molar-refractivity contribution in [3.63, 3.8) is 0 Å². The van der Waals surface area contributed by atoms with Crippen LogP contribution in [-0.4, -0.2) is 67.7 Å². The van der Waals surface area contributed by atoms with Gasteiger partial charge in [0.2, 0.25) is 5.91 Å². The van der Waals surface area contributed by atoms with E-state index in [1.807, 2.05) is 36.4 Å². The van der Waals surface area contributed by atoms with Crippen LogP contribution in [-0.2, 0) is 16.0 Å². The maximum absolute atomic E-state index is 13.1. The van der Waals surface area contributed by atoms with Crippen LogP contribution >= 0.6 is 35.6 Å². The number of amides is 1. The second kappa shape index (κ2) is 13.5. The van der Waals surface area contributed by atoms with E-state index in [0.29, 0.717) is 29.1 Å². The number of ether oxygens (including phenoxy) is 2. The molecule has 0 radical (unpaired) electrons. The Bertz CT molecular complexity index is 1010. The quantitative estimate of drug-likeness (QED) is 0.364. The highest BCUT2D eigenvalue weighted by Crippen LogP contribution is 2.37. The number of hydrogen-bond acceptors (Lipinski definition) is 4. The summed E-state index contributed by atoms with van der Waals surface area (Å²) in [6, 6.07) is 12.4. The number of nitrogens with zero attached hydrogens (tertiary/aromatic N) is 2. The third-order valence-electron chi connectivity index (χ3n) is 7.93. The predicted molar refractivity (Wildman–Crippen MR) is 152 cm³/mol. The van der Waals surface area contributed by atoms with E-state index in [1.165, 1.54) is 19.3 Å². The number of carbonyl (C=O) groups excluding carboxylic acids is 1. The van der Waals surface area contributed by atoms with Crippen LogP contribution in [0.25, 0.3) is 11.1 Å². The van der Waals surface area contributed by atoms with Gasteiger partial charge in [-0.1, -0.05) is 54.6 Å². The summed E-state index contributed by atoms with van der Waals surface area (Å²) in [5, 5.41) is 1.26. The molecule has 3 aliphatic rings. The largest absolute Gasteiger partial charge is 0.492 e. The zero-order chi connectivity index (χ0) is 24.9. The molecule has 5 nitrogen and oxygen atoms in total. The first kappa shape index (κ1) is 28.5. The van der Waals surface area contributed by atoms with E-state index >= 15 is 0 Å². The molecule has 0 N–H and O–H groups in total. The predicted octanol–water partition coefficient (Wildman–Crippen LogP) is 6.52. The first-order valence-corrected chi connectivity index (χ1v) is 14.2. The summed E-state index contributed by atoms with van der Waals surface area (Å²) in [6.07, 6.45) is 7.55. The summed E-state index contributed by atoms with van der Waals surface area (Å²) >= 11 is 13.4. The molecule has 202 valence electrons. The zero-order valence-corrected chi connectivity index (χ0v) is 23.6. The lowest BCUT2D eigenvalue weighted by Gasteiger charge is -2.31. The van der Waals surface area contributed by atoms with E-state index in [9.17, 15) is 4.79 Å². The summed E-state index contributed by atoms with van der Waals surface area (Å²) in [4.78, 5) is 17.6. The van der Waals surface area contributed by atoms with Crippen molar-refractivity contribution in [2.45, 2.75) is 51.0 Å². The van der Waals surface area contributed by atoms with Crippen molar-refractivity contribution >= 4 is 41.5 Å². The van der Waals surface area contributed by atoms with Gasteiger partial charge in [-0.3, -0.25) is 9.69 Å². The van der Waals surface area contributed by atoms with Crippen molar-refractivity contribution < 1.29 is 14.3 Å². The van der Waals surface area contributed by atoms with Gasteiger partial charge < -0.3 is 14.4 Å². The van der Waals surface area contributed by atoms with Crippen molar-refractivity contribution in [1.82, 2.24) is 9.80 Å². The fraction of sp³-hybridized carbons (Fsp3) is 0.552. The van der Waals surface area contributed by atoms with E-state index in [0.717, 1.165) is 81.1 Å². The molecule has 2 aliphatic heterocycles. The molecule has 1 saturated carbocycles. The first-order valence-electron chi connectivity index (χ1n) is 13.4. The summed E-state index contributed by atoms with van der Waals surface area (Å²) < 4.78 is 11.3. The van der Waals surface area contributed by atoms with Gasteiger partial charge in [-0.15, -0.1) is 12.4 Å².